The number of aromatic nitrogens is 3. The number of anilines is 1. The average Bonchev–Trinajstić information content (AvgIpc) is 3.37. The van der Waals surface area contributed by atoms with Crippen molar-refractivity contribution in [3.8, 4) is 16.9 Å². The van der Waals surface area contributed by atoms with E-state index in [4.69, 9.17) is 5.10 Å². The maximum atomic E-state index is 13.4. The summed E-state index contributed by atoms with van der Waals surface area (Å²) >= 11 is 0. The minimum atomic E-state index is -0.154. The second-order valence-electron chi connectivity index (χ2n) is 8.01. The summed E-state index contributed by atoms with van der Waals surface area (Å²) < 4.78 is 1.84. The summed E-state index contributed by atoms with van der Waals surface area (Å²) in [6.07, 6.45) is 7.07. The van der Waals surface area contributed by atoms with E-state index in [2.05, 4.69) is 4.98 Å². The molecule has 0 bridgehead atoms. The van der Waals surface area contributed by atoms with Crippen LogP contribution < -0.4 is 4.90 Å². The third kappa shape index (κ3) is 5.25. The molecule has 0 atom stereocenters. The Morgan fingerprint density at radius 1 is 0.800 bits per heavy atom. The lowest BCUT2D eigenvalue weighted by atomic mass is 10.1. The van der Waals surface area contributed by atoms with Gasteiger partial charge in [0.1, 0.15) is 5.82 Å². The Balaban J connectivity index is 1.49. The quantitative estimate of drug-likeness (QED) is 0.275. The lowest BCUT2D eigenvalue weighted by molar-refractivity contribution is -0.114. The van der Waals surface area contributed by atoms with Crippen molar-refractivity contribution in [2.45, 2.75) is 6.54 Å². The van der Waals surface area contributed by atoms with Gasteiger partial charge in [0.25, 0.3) is 5.91 Å². The number of carbonyl (C=O) groups excluding carboxylic acids is 1. The van der Waals surface area contributed by atoms with Crippen molar-refractivity contribution >= 4 is 17.8 Å². The van der Waals surface area contributed by atoms with Crippen molar-refractivity contribution < 1.29 is 4.79 Å². The number of para-hydroxylation sites is 1. The highest BCUT2D eigenvalue weighted by Crippen LogP contribution is 2.25. The molecule has 5 heteroatoms. The molecular weight excluding hydrogens is 432 g/mol. The standard InChI is InChI=1S/C30H24N4O/c35-29(33(28-18-10-11-21-31-28)22-24-12-4-1-5-13-24)20-19-26-23-34(27-16-8-3-9-17-27)32-30(26)25-14-6-2-7-15-25/h1-21,23H,22H2/b20-19+. The van der Waals surface area contributed by atoms with Crippen molar-refractivity contribution in [1.82, 2.24) is 14.8 Å². The Bertz CT molecular complexity index is 1410. The second kappa shape index (κ2) is 10.4. The van der Waals surface area contributed by atoms with E-state index < -0.39 is 0 Å². The molecule has 0 aliphatic heterocycles. The molecule has 0 aliphatic rings. The number of nitrogens with zero attached hydrogens (tertiary/aromatic N) is 4. The first-order valence-corrected chi connectivity index (χ1v) is 11.4. The summed E-state index contributed by atoms with van der Waals surface area (Å²) in [6, 6.07) is 35.4. The van der Waals surface area contributed by atoms with Crippen molar-refractivity contribution in [2.24, 2.45) is 0 Å². The largest absolute Gasteiger partial charge is 0.289 e. The predicted octanol–water partition coefficient (Wildman–Crippen LogP) is 6.18. The molecule has 2 aromatic heterocycles. The third-order valence-electron chi connectivity index (χ3n) is 5.59. The predicted molar refractivity (Wildman–Crippen MR) is 140 cm³/mol. The Morgan fingerprint density at radius 2 is 1.46 bits per heavy atom. The van der Waals surface area contributed by atoms with Crippen molar-refractivity contribution in [3.05, 3.63) is 139 Å². The SMILES string of the molecule is O=C(/C=C/c1cn(-c2ccccc2)nc1-c1ccccc1)N(Cc1ccccc1)c1ccccn1. The molecule has 0 saturated heterocycles. The van der Waals surface area contributed by atoms with Crippen LogP contribution >= 0.6 is 0 Å². The summed E-state index contributed by atoms with van der Waals surface area (Å²) in [4.78, 5) is 19.5. The van der Waals surface area contributed by atoms with Gasteiger partial charge in [-0.15, -0.1) is 0 Å². The van der Waals surface area contributed by atoms with Gasteiger partial charge < -0.3 is 0 Å². The Morgan fingerprint density at radius 3 is 2.14 bits per heavy atom. The zero-order valence-corrected chi connectivity index (χ0v) is 19.1. The first-order chi connectivity index (χ1) is 17.3. The summed E-state index contributed by atoms with van der Waals surface area (Å²) in [6.45, 7) is 0.426. The Kier molecular flexibility index (Phi) is 6.58. The summed E-state index contributed by atoms with van der Waals surface area (Å²) in [5, 5.41) is 4.83. The lowest BCUT2D eigenvalue weighted by Gasteiger charge is -2.20. The topological polar surface area (TPSA) is 51.0 Å². The van der Waals surface area contributed by atoms with E-state index in [-0.39, 0.29) is 5.91 Å². The first-order valence-electron chi connectivity index (χ1n) is 11.4. The minimum absolute atomic E-state index is 0.154. The molecule has 3 aromatic carbocycles. The molecule has 0 spiro atoms. The molecule has 0 fully saturated rings. The number of hydrogen-bond donors (Lipinski definition) is 0. The molecular formula is C30H24N4O. The minimum Gasteiger partial charge on any atom is -0.289 e. The van der Waals surface area contributed by atoms with Gasteiger partial charge >= 0.3 is 0 Å². The van der Waals surface area contributed by atoms with Gasteiger partial charge in [-0.25, -0.2) is 9.67 Å². The van der Waals surface area contributed by atoms with Gasteiger partial charge in [-0.3, -0.25) is 9.69 Å². The Hall–Kier alpha value is -4.77. The number of amides is 1. The van der Waals surface area contributed by atoms with E-state index in [1.165, 1.54) is 0 Å². The van der Waals surface area contributed by atoms with E-state index in [9.17, 15) is 4.79 Å². The van der Waals surface area contributed by atoms with Crippen LogP contribution in [0.1, 0.15) is 11.1 Å². The van der Waals surface area contributed by atoms with Crippen LogP contribution in [-0.2, 0) is 11.3 Å². The molecule has 1 amide bonds. The van der Waals surface area contributed by atoms with Crippen LogP contribution in [0.15, 0.2) is 128 Å². The molecule has 0 unspecified atom stereocenters. The normalized spacial score (nSPS) is 11.0. The maximum Gasteiger partial charge on any atom is 0.252 e. The number of pyridine rings is 1. The van der Waals surface area contributed by atoms with Gasteiger partial charge in [-0.2, -0.15) is 5.10 Å². The van der Waals surface area contributed by atoms with Crippen LogP contribution in [0.2, 0.25) is 0 Å². The van der Waals surface area contributed by atoms with Crippen LogP contribution in [0.5, 0.6) is 0 Å². The van der Waals surface area contributed by atoms with Crippen LogP contribution in [0.4, 0.5) is 5.82 Å². The lowest BCUT2D eigenvalue weighted by Crippen LogP contribution is -2.29. The average molecular weight is 457 g/mol. The van der Waals surface area contributed by atoms with Gasteiger partial charge in [0.05, 0.1) is 17.9 Å². The van der Waals surface area contributed by atoms with Crippen LogP contribution in [0.25, 0.3) is 23.0 Å². The van der Waals surface area contributed by atoms with Gasteiger partial charge in [-0.05, 0) is 35.9 Å². The zero-order chi connectivity index (χ0) is 23.9. The van der Waals surface area contributed by atoms with E-state index in [0.717, 1.165) is 28.1 Å². The van der Waals surface area contributed by atoms with Crippen molar-refractivity contribution in [2.75, 3.05) is 4.90 Å². The van der Waals surface area contributed by atoms with E-state index in [1.807, 2.05) is 126 Å². The molecule has 0 N–H and O–H groups in total. The molecule has 170 valence electrons. The molecule has 5 aromatic rings. The zero-order valence-electron chi connectivity index (χ0n) is 19.1. The van der Waals surface area contributed by atoms with Gasteiger partial charge in [0.15, 0.2) is 0 Å². The summed E-state index contributed by atoms with van der Waals surface area (Å²) in [5.41, 5.74) is 4.64. The van der Waals surface area contributed by atoms with E-state index in [1.54, 1.807) is 17.2 Å². The fourth-order valence-corrected chi connectivity index (χ4v) is 3.84. The molecule has 0 saturated carbocycles. The Labute approximate surface area is 204 Å². The maximum absolute atomic E-state index is 13.4. The number of hydrogen-bond acceptors (Lipinski definition) is 3. The summed E-state index contributed by atoms with van der Waals surface area (Å²) in [7, 11) is 0. The fraction of sp³-hybridized carbons (Fsp3) is 0.0333. The molecule has 35 heavy (non-hydrogen) atoms. The van der Waals surface area contributed by atoms with Crippen molar-refractivity contribution in [1.29, 1.82) is 0 Å². The second-order valence-corrected chi connectivity index (χ2v) is 8.01. The van der Waals surface area contributed by atoms with Crippen LogP contribution in [-0.4, -0.2) is 20.7 Å². The number of rotatable bonds is 7. The van der Waals surface area contributed by atoms with Crippen molar-refractivity contribution in [3.63, 3.8) is 0 Å². The van der Waals surface area contributed by atoms with E-state index >= 15 is 0 Å². The third-order valence-corrected chi connectivity index (χ3v) is 5.59. The van der Waals surface area contributed by atoms with Gasteiger partial charge in [0, 0.05) is 29.6 Å². The highest BCUT2D eigenvalue weighted by atomic mass is 16.2. The smallest absolute Gasteiger partial charge is 0.252 e. The molecule has 2 heterocycles. The monoisotopic (exact) mass is 456 g/mol. The number of benzene rings is 3. The van der Waals surface area contributed by atoms with E-state index in [0.29, 0.717) is 12.4 Å². The highest BCUT2D eigenvalue weighted by Gasteiger charge is 2.16. The molecule has 5 nitrogen and oxygen atoms in total. The van der Waals surface area contributed by atoms with Gasteiger partial charge in [-0.1, -0.05) is 84.9 Å². The van der Waals surface area contributed by atoms with Crippen LogP contribution in [0, 0.1) is 0 Å². The molecule has 0 radical (unpaired) electrons. The highest BCUT2D eigenvalue weighted by molar-refractivity contribution is 6.03. The number of carbonyl (C=O) groups is 1. The summed E-state index contributed by atoms with van der Waals surface area (Å²) in [5.74, 6) is 0.452. The molecule has 0 aliphatic carbocycles. The molecule has 5 rings (SSSR count). The fourth-order valence-electron chi connectivity index (χ4n) is 3.84. The van der Waals surface area contributed by atoms with Crippen LogP contribution in [0.3, 0.4) is 0 Å². The van der Waals surface area contributed by atoms with Gasteiger partial charge in [0.2, 0.25) is 0 Å². The first kappa shape index (κ1) is 22.0.